The topological polar surface area (TPSA) is 55.1 Å². The molecule has 0 saturated carbocycles. The van der Waals surface area contributed by atoms with Crippen molar-refractivity contribution in [1.82, 2.24) is 5.32 Å². The molecule has 1 amide bonds. The maximum absolute atomic E-state index is 12.9. The highest BCUT2D eigenvalue weighted by Crippen LogP contribution is 2.29. The SMILES string of the molecule is NC(=O)C(NCc1cccc(C(F)(F)F)c1)c1ccc(F)cc1. The van der Waals surface area contributed by atoms with Crippen LogP contribution in [0.25, 0.3) is 0 Å². The van der Waals surface area contributed by atoms with Crippen molar-refractivity contribution in [3.63, 3.8) is 0 Å². The summed E-state index contributed by atoms with van der Waals surface area (Å²) in [4.78, 5) is 11.5. The summed E-state index contributed by atoms with van der Waals surface area (Å²) in [6.45, 7) is 0.00883. The molecule has 0 spiro atoms. The molecule has 7 heteroatoms. The Morgan fingerprint density at radius 3 is 2.35 bits per heavy atom. The number of alkyl halides is 3. The van der Waals surface area contributed by atoms with E-state index in [4.69, 9.17) is 5.73 Å². The smallest absolute Gasteiger partial charge is 0.368 e. The molecule has 3 nitrogen and oxygen atoms in total. The van der Waals surface area contributed by atoms with Crippen LogP contribution < -0.4 is 11.1 Å². The van der Waals surface area contributed by atoms with Crippen LogP contribution in [0.2, 0.25) is 0 Å². The van der Waals surface area contributed by atoms with Crippen molar-refractivity contribution in [3.05, 3.63) is 71.0 Å². The summed E-state index contributed by atoms with van der Waals surface area (Å²) in [6.07, 6.45) is -4.43. The predicted octanol–water partition coefficient (Wildman–Crippen LogP) is 3.16. The number of nitrogens with two attached hydrogens (primary N) is 1. The average Bonchev–Trinajstić information content (AvgIpc) is 2.48. The Kier molecular flexibility index (Phi) is 5.00. The van der Waals surface area contributed by atoms with E-state index in [1.54, 1.807) is 0 Å². The summed E-state index contributed by atoms with van der Waals surface area (Å²) in [5.74, 6) is -1.17. The van der Waals surface area contributed by atoms with E-state index in [1.165, 1.54) is 36.4 Å². The first-order valence-electron chi connectivity index (χ1n) is 6.71. The lowest BCUT2D eigenvalue weighted by atomic mass is 10.1. The van der Waals surface area contributed by atoms with Crippen LogP contribution in [0.4, 0.5) is 17.6 Å². The molecule has 2 aromatic rings. The van der Waals surface area contributed by atoms with E-state index in [9.17, 15) is 22.4 Å². The number of nitrogens with one attached hydrogen (secondary N) is 1. The maximum Gasteiger partial charge on any atom is 0.416 e. The highest BCUT2D eigenvalue weighted by Gasteiger charge is 2.30. The average molecular weight is 326 g/mol. The summed E-state index contributed by atoms with van der Waals surface area (Å²) in [5, 5.41) is 2.79. The summed E-state index contributed by atoms with van der Waals surface area (Å²) in [7, 11) is 0. The molecule has 0 bridgehead atoms. The van der Waals surface area contributed by atoms with Crippen molar-refractivity contribution in [3.8, 4) is 0 Å². The van der Waals surface area contributed by atoms with E-state index in [0.29, 0.717) is 11.1 Å². The van der Waals surface area contributed by atoms with Gasteiger partial charge in [-0.3, -0.25) is 10.1 Å². The van der Waals surface area contributed by atoms with Crippen LogP contribution in [-0.4, -0.2) is 5.91 Å². The predicted molar refractivity (Wildman–Crippen MR) is 76.6 cm³/mol. The van der Waals surface area contributed by atoms with E-state index < -0.39 is 29.5 Å². The second-order valence-electron chi connectivity index (χ2n) is 4.97. The number of carbonyl (C=O) groups excluding carboxylic acids is 1. The monoisotopic (exact) mass is 326 g/mol. The first-order chi connectivity index (χ1) is 10.8. The largest absolute Gasteiger partial charge is 0.416 e. The minimum absolute atomic E-state index is 0.00883. The fraction of sp³-hybridized carbons (Fsp3) is 0.188. The maximum atomic E-state index is 12.9. The molecule has 0 heterocycles. The van der Waals surface area contributed by atoms with Crippen LogP contribution in [0, 0.1) is 5.82 Å². The normalized spacial score (nSPS) is 12.9. The quantitative estimate of drug-likeness (QED) is 0.829. The van der Waals surface area contributed by atoms with Crippen molar-refractivity contribution in [2.24, 2.45) is 5.73 Å². The lowest BCUT2D eigenvalue weighted by Gasteiger charge is -2.16. The van der Waals surface area contributed by atoms with Gasteiger partial charge >= 0.3 is 6.18 Å². The van der Waals surface area contributed by atoms with Gasteiger partial charge < -0.3 is 5.73 Å². The molecule has 0 fully saturated rings. The Morgan fingerprint density at radius 1 is 1.13 bits per heavy atom. The molecule has 0 saturated heterocycles. The standard InChI is InChI=1S/C16H14F4N2O/c17-13-6-4-11(5-7-13)14(15(21)23)22-9-10-2-1-3-12(8-10)16(18,19)20/h1-8,14,22H,9H2,(H2,21,23). The van der Waals surface area contributed by atoms with Gasteiger partial charge in [0.05, 0.1) is 5.56 Å². The Morgan fingerprint density at radius 2 is 1.78 bits per heavy atom. The van der Waals surface area contributed by atoms with Crippen molar-refractivity contribution in [2.45, 2.75) is 18.8 Å². The second kappa shape index (κ2) is 6.78. The summed E-state index contributed by atoms with van der Waals surface area (Å²) >= 11 is 0. The van der Waals surface area contributed by atoms with Gasteiger partial charge in [0, 0.05) is 6.54 Å². The zero-order chi connectivity index (χ0) is 17.0. The number of hydrogen-bond donors (Lipinski definition) is 2. The van der Waals surface area contributed by atoms with Gasteiger partial charge in [0.25, 0.3) is 0 Å². The molecule has 2 rings (SSSR count). The molecule has 0 aromatic heterocycles. The van der Waals surface area contributed by atoms with Gasteiger partial charge in [-0.25, -0.2) is 4.39 Å². The third-order valence-corrected chi connectivity index (χ3v) is 3.25. The van der Waals surface area contributed by atoms with Crippen LogP contribution >= 0.6 is 0 Å². The zero-order valence-electron chi connectivity index (χ0n) is 11.9. The molecule has 122 valence electrons. The Balaban J connectivity index is 2.13. The molecule has 1 unspecified atom stereocenters. The van der Waals surface area contributed by atoms with Gasteiger partial charge in [-0.1, -0.05) is 30.3 Å². The van der Waals surface area contributed by atoms with Crippen LogP contribution in [0.5, 0.6) is 0 Å². The van der Waals surface area contributed by atoms with Gasteiger partial charge in [-0.2, -0.15) is 13.2 Å². The fourth-order valence-electron chi connectivity index (χ4n) is 2.12. The van der Waals surface area contributed by atoms with Gasteiger partial charge in [-0.05, 0) is 29.3 Å². The highest BCUT2D eigenvalue weighted by molar-refractivity contribution is 5.81. The van der Waals surface area contributed by atoms with E-state index in [-0.39, 0.29) is 6.54 Å². The van der Waals surface area contributed by atoms with E-state index in [0.717, 1.165) is 12.1 Å². The van der Waals surface area contributed by atoms with Crippen LogP contribution in [-0.2, 0) is 17.5 Å². The first-order valence-corrected chi connectivity index (χ1v) is 6.71. The molecule has 2 aromatic carbocycles. The number of halogens is 4. The third-order valence-electron chi connectivity index (χ3n) is 3.25. The Labute approximate surface area is 130 Å². The van der Waals surface area contributed by atoms with Gasteiger partial charge in [0.15, 0.2) is 0 Å². The van der Waals surface area contributed by atoms with E-state index in [2.05, 4.69) is 5.32 Å². The van der Waals surface area contributed by atoms with E-state index >= 15 is 0 Å². The molecular formula is C16H14F4N2O. The highest BCUT2D eigenvalue weighted by atomic mass is 19.4. The number of benzene rings is 2. The molecular weight excluding hydrogens is 312 g/mol. The molecule has 3 N–H and O–H groups in total. The third kappa shape index (κ3) is 4.53. The molecule has 0 aliphatic rings. The minimum Gasteiger partial charge on any atom is -0.368 e. The lowest BCUT2D eigenvalue weighted by molar-refractivity contribution is -0.137. The Hall–Kier alpha value is -2.41. The number of hydrogen-bond acceptors (Lipinski definition) is 2. The lowest BCUT2D eigenvalue weighted by Crippen LogP contribution is -2.33. The number of primary amides is 1. The summed E-state index contributed by atoms with van der Waals surface area (Å²) < 4.78 is 50.9. The van der Waals surface area contributed by atoms with Gasteiger partial charge in [-0.15, -0.1) is 0 Å². The molecule has 0 aliphatic heterocycles. The molecule has 1 atom stereocenters. The number of carbonyl (C=O) groups is 1. The molecule has 0 radical (unpaired) electrons. The first kappa shape index (κ1) is 17.0. The molecule has 0 aliphatic carbocycles. The summed E-state index contributed by atoms with van der Waals surface area (Å²) in [6, 6.07) is 8.97. The van der Waals surface area contributed by atoms with Crippen LogP contribution in [0.3, 0.4) is 0 Å². The number of rotatable bonds is 5. The zero-order valence-corrected chi connectivity index (χ0v) is 11.9. The van der Waals surface area contributed by atoms with Crippen molar-refractivity contribution >= 4 is 5.91 Å². The van der Waals surface area contributed by atoms with Crippen LogP contribution in [0.1, 0.15) is 22.7 Å². The molecule has 23 heavy (non-hydrogen) atoms. The van der Waals surface area contributed by atoms with Gasteiger partial charge in [0.1, 0.15) is 11.9 Å². The van der Waals surface area contributed by atoms with Crippen molar-refractivity contribution in [2.75, 3.05) is 0 Å². The Bertz CT molecular complexity index is 683. The second-order valence-corrected chi connectivity index (χ2v) is 4.97. The minimum atomic E-state index is -4.43. The summed E-state index contributed by atoms with van der Waals surface area (Å²) in [5.41, 5.74) is 5.32. The van der Waals surface area contributed by atoms with Crippen LogP contribution in [0.15, 0.2) is 48.5 Å². The van der Waals surface area contributed by atoms with Gasteiger partial charge in [0.2, 0.25) is 5.91 Å². The fourth-order valence-corrected chi connectivity index (χ4v) is 2.12. The van der Waals surface area contributed by atoms with Crippen molar-refractivity contribution < 1.29 is 22.4 Å². The number of amides is 1. The van der Waals surface area contributed by atoms with Crippen molar-refractivity contribution in [1.29, 1.82) is 0 Å². The van der Waals surface area contributed by atoms with E-state index in [1.807, 2.05) is 0 Å².